The van der Waals surface area contributed by atoms with E-state index >= 15 is 0 Å². The lowest BCUT2D eigenvalue weighted by Gasteiger charge is -2.24. The molecule has 2 aliphatic rings. The highest BCUT2D eigenvalue weighted by atomic mass is 35.5. The van der Waals surface area contributed by atoms with Gasteiger partial charge in [-0.1, -0.05) is 17.7 Å². The summed E-state index contributed by atoms with van der Waals surface area (Å²) in [4.78, 5) is 12.7. The molecule has 3 aromatic heterocycles. The Bertz CT molecular complexity index is 1240. The lowest BCUT2D eigenvalue weighted by molar-refractivity contribution is 0.0950. The lowest BCUT2D eigenvalue weighted by atomic mass is 10.1. The molecule has 2 atom stereocenters. The van der Waals surface area contributed by atoms with Gasteiger partial charge >= 0.3 is 0 Å². The fourth-order valence-electron chi connectivity index (χ4n) is 4.36. The van der Waals surface area contributed by atoms with Crippen LogP contribution in [0.4, 0.5) is 5.95 Å². The summed E-state index contributed by atoms with van der Waals surface area (Å²) in [6.45, 7) is 1.54. The van der Waals surface area contributed by atoms with E-state index < -0.39 is 21.4 Å². The normalized spacial score (nSPS) is 19.1. The lowest BCUT2D eigenvalue weighted by Crippen LogP contribution is -2.34. The number of rotatable bonds is 9. The van der Waals surface area contributed by atoms with E-state index in [1.165, 1.54) is 19.5 Å². The minimum atomic E-state index is -3.94. The molecule has 0 amide bonds. The zero-order valence-electron chi connectivity index (χ0n) is 18.2. The number of halogens is 1. The van der Waals surface area contributed by atoms with E-state index in [0.717, 1.165) is 25.7 Å². The minimum Gasteiger partial charge on any atom is -0.372 e. The first-order chi connectivity index (χ1) is 15.9. The third kappa shape index (κ3) is 4.09. The number of methoxy groups -OCH3 is 1. The van der Waals surface area contributed by atoms with Crippen LogP contribution in [0.3, 0.4) is 0 Å². The Morgan fingerprint density at radius 2 is 1.91 bits per heavy atom. The molecule has 0 saturated heterocycles. The van der Waals surface area contributed by atoms with Gasteiger partial charge in [-0.05, 0) is 50.7 Å². The molecule has 0 aromatic carbocycles. The number of ether oxygens (including phenoxy) is 1. The predicted octanol–water partition coefficient (Wildman–Crippen LogP) is 3.20. The number of hydrogen-bond acceptors (Lipinski definition) is 8. The van der Waals surface area contributed by atoms with Gasteiger partial charge in [0.2, 0.25) is 16.0 Å². The first-order valence-electron chi connectivity index (χ1n) is 10.7. The Kier molecular flexibility index (Phi) is 5.58. The maximum Gasteiger partial charge on any atom is 0.240 e. The van der Waals surface area contributed by atoms with E-state index in [9.17, 15) is 8.42 Å². The maximum atomic E-state index is 13.4. The van der Waals surface area contributed by atoms with Gasteiger partial charge < -0.3 is 4.74 Å². The smallest absolute Gasteiger partial charge is 0.240 e. The summed E-state index contributed by atoms with van der Waals surface area (Å²) >= 11 is 5.87. The van der Waals surface area contributed by atoms with Crippen LogP contribution in [0.5, 0.6) is 0 Å². The van der Waals surface area contributed by atoms with Crippen molar-refractivity contribution in [2.45, 2.75) is 49.5 Å². The Morgan fingerprint density at radius 1 is 1.18 bits per heavy atom. The van der Waals surface area contributed by atoms with Crippen molar-refractivity contribution in [1.29, 1.82) is 0 Å². The zero-order valence-corrected chi connectivity index (χ0v) is 19.8. The third-order valence-electron chi connectivity index (χ3n) is 6.40. The fraction of sp³-hybridized carbons (Fsp3) is 0.476. The number of pyridine rings is 1. The second kappa shape index (κ2) is 8.30. The van der Waals surface area contributed by atoms with E-state index in [0.29, 0.717) is 22.5 Å². The summed E-state index contributed by atoms with van der Waals surface area (Å²) in [7, 11) is -2.52. The second-order valence-corrected chi connectivity index (χ2v) is 11.0. The van der Waals surface area contributed by atoms with Crippen molar-refractivity contribution in [3.63, 3.8) is 0 Å². The minimum absolute atomic E-state index is 0.169. The van der Waals surface area contributed by atoms with Gasteiger partial charge in [0, 0.05) is 25.7 Å². The molecule has 1 N–H and O–H groups in total. The van der Waals surface area contributed by atoms with Crippen LogP contribution < -0.4 is 4.72 Å². The SMILES string of the molecule is COC(c1ncc(Cl)cn1)C(C)S(=O)(=O)Nc1nnc(-c2ccccn2)n1C1(C2CC2)CC1. The monoisotopic (exact) mass is 489 g/mol. The average Bonchev–Trinajstić information content (AvgIpc) is 3.73. The fourth-order valence-corrected chi connectivity index (χ4v) is 5.58. The van der Waals surface area contributed by atoms with Crippen LogP contribution in [0.1, 0.15) is 44.5 Å². The van der Waals surface area contributed by atoms with Crippen molar-refractivity contribution in [2.24, 2.45) is 5.92 Å². The van der Waals surface area contributed by atoms with Gasteiger partial charge in [-0.15, -0.1) is 10.2 Å². The molecule has 174 valence electrons. The van der Waals surface area contributed by atoms with E-state index in [4.69, 9.17) is 16.3 Å². The van der Waals surface area contributed by atoms with Gasteiger partial charge in [-0.25, -0.2) is 18.4 Å². The molecule has 2 unspecified atom stereocenters. The predicted molar refractivity (Wildman–Crippen MR) is 122 cm³/mol. The third-order valence-corrected chi connectivity index (χ3v) is 8.29. The highest BCUT2D eigenvalue weighted by Crippen LogP contribution is 2.61. The molecule has 0 bridgehead atoms. The van der Waals surface area contributed by atoms with Crippen molar-refractivity contribution in [2.75, 3.05) is 11.8 Å². The van der Waals surface area contributed by atoms with Crippen LogP contribution >= 0.6 is 11.6 Å². The van der Waals surface area contributed by atoms with Crippen molar-refractivity contribution >= 4 is 27.6 Å². The van der Waals surface area contributed by atoms with E-state index in [2.05, 4.69) is 29.9 Å². The Balaban J connectivity index is 1.49. The van der Waals surface area contributed by atoms with Crippen molar-refractivity contribution in [3.05, 3.63) is 47.6 Å². The molecule has 3 heterocycles. The Morgan fingerprint density at radius 3 is 2.48 bits per heavy atom. The van der Waals surface area contributed by atoms with Crippen molar-refractivity contribution < 1.29 is 13.2 Å². The molecule has 2 aliphatic carbocycles. The van der Waals surface area contributed by atoms with Crippen molar-refractivity contribution in [1.82, 2.24) is 29.7 Å². The quantitative estimate of drug-likeness (QED) is 0.485. The van der Waals surface area contributed by atoms with Crippen molar-refractivity contribution in [3.8, 4) is 11.5 Å². The first kappa shape index (κ1) is 22.2. The number of aromatic nitrogens is 6. The first-order valence-corrected chi connectivity index (χ1v) is 12.7. The Labute approximate surface area is 196 Å². The summed E-state index contributed by atoms with van der Waals surface area (Å²) in [6.07, 6.45) is 7.75. The van der Waals surface area contributed by atoms with E-state index in [1.807, 2.05) is 22.8 Å². The molecule has 33 heavy (non-hydrogen) atoms. The van der Waals surface area contributed by atoms with E-state index in [1.54, 1.807) is 13.1 Å². The van der Waals surface area contributed by atoms with Crippen LogP contribution in [0.25, 0.3) is 11.5 Å². The molecular weight excluding hydrogens is 466 g/mol. The molecule has 2 fully saturated rings. The molecule has 0 radical (unpaired) electrons. The number of nitrogens with zero attached hydrogens (tertiary/aromatic N) is 6. The highest BCUT2D eigenvalue weighted by molar-refractivity contribution is 7.93. The summed E-state index contributed by atoms with van der Waals surface area (Å²) in [5.41, 5.74) is 0.483. The largest absolute Gasteiger partial charge is 0.372 e. The highest BCUT2D eigenvalue weighted by Gasteiger charge is 2.57. The molecule has 5 rings (SSSR count). The van der Waals surface area contributed by atoms with Crippen LogP contribution in [-0.2, 0) is 20.3 Å². The van der Waals surface area contributed by atoms with Crippen LogP contribution in [0, 0.1) is 5.92 Å². The average molecular weight is 490 g/mol. The van der Waals surface area contributed by atoms with Gasteiger partial charge in [0.25, 0.3) is 0 Å². The maximum absolute atomic E-state index is 13.4. The van der Waals surface area contributed by atoms with Gasteiger partial charge in [0.15, 0.2) is 11.6 Å². The number of hydrogen-bond donors (Lipinski definition) is 1. The van der Waals surface area contributed by atoms with Gasteiger partial charge in [0.1, 0.15) is 17.0 Å². The summed E-state index contributed by atoms with van der Waals surface area (Å²) < 4.78 is 36.9. The standard InChI is InChI=1S/C21H24ClN7O3S/c1-13(17(32-2)18-24-11-15(22)12-25-18)33(30,31)28-20-27-26-19(16-5-3-4-10-23-16)29(20)21(8-9-21)14-6-7-14/h3-5,10-14,17H,6-9H2,1-2H3,(H,27,28). The Hall–Kier alpha value is -2.63. The summed E-state index contributed by atoms with van der Waals surface area (Å²) in [6, 6.07) is 5.55. The molecule has 3 aromatic rings. The van der Waals surface area contributed by atoms with Crippen LogP contribution in [0.15, 0.2) is 36.8 Å². The van der Waals surface area contributed by atoms with Gasteiger partial charge in [0.05, 0.1) is 10.6 Å². The topological polar surface area (TPSA) is 125 Å². The molecule has 0 spiro atoms. The zero-order chi connectivity index (χ0) is 23.2. The molecule has 2 saturated carbocycles. The number of sulfonamides is 1. The number of nitrogens with one attached hydrogen (secondary N) is 1. The number of anilines is 1. The molecule has 10 nitrogen and oxygen atoms in total. The molecule has 12 heteroatoms. The van der Waals surface area contributed by atoms with Gasteiger partial charge in [-0.2, -0.15) is 0 Å². The second-order valence-electron chi connectivity index (χ2n) is 8.54. The molecular formula is C21H24ClN7O3S. The van der Waals surface area contributed by atoms with E-state index in [-0.39, 0.29) is 17.3 Å². The summed E-state index contributed by atoms with van der Waals surface area (Å²) in [5, 5.41) is 7.91. The molecule has 0 aliphatic heterocycles. The van der Waals surface area contributed by atoms with Gasteiger partial charge in [-0.3, -0.25) is 14.3 Å². The van der Waals surface area contributed by atoms with Crippen LogP contribution in [-0.4, -0.2) is 50.5 Å². The summed E-state index contributed by atoms with van der Waals surface area (Å²) in [5.74, 6) is 1.48. The van der Waals surface area contributed by atoms with Crippen LogP contribution in [0.2, 0.25) is 5.02 Å².